The summed E-state index contributed by atoms with van der Waals surface area (Å²) >= 11 is 7.73. The number of rotatable bonds is 5. The summed E-state index contributed by atoms with van der Waals surface area (Å²) in [6, 6.07) is 19.8. The first-order chi connectivity index (χ1) is 13.7. The van der Waals surface area contributed by atoms with Crippen molar-refractivity contribution in [3.8, 4) is 11.1 Å². The van der Waals surface area contributed by atoms with Gasteiger partial charge in [-0.2, -0.15) is 0 Å². The van der Waals surface area contributed by atoms with Crippen molar-refractivity contribution in [2.24, 2.45) is 0 Å². The van der Waals surface area contributed by atoms with Crippen LogP contribution in [0.3, 0.4) is 0 Å². The maximum absolute atomic E-state index is 12.8. The van der Waals surface area contributed by atoms with E-state index in [1.54, 1.807) is 0 Å². The second-order valence-electron chi connectivity index (χ2n) is 6.57. The fourth-order valence-electron chi connectivity index (χ4n) is 3.22. The number of nitrogens with zero attached hydrogens (tertiary/aromatic N) is 1. The first kappa shape index (κ1) is 19.0. The minimum atomic E-state index is -0.0818. The Morgan fingerprint density at radius 2 is 1.79 bits per heavy atom. The van der Waals surface area contributed by atoms with E-state index in [2.05, 4.69) is 22.3 Å². The van der Waals surface area contributed by atoms with Gasteiger partial charge >= 0.3 is 0 Å². The summed E-state index contributed by atoms with van der Waals surface area (Å²) in [4.78, 5) is 15.8. The highest BCUT2D eigenvalue weighted by molar-refractivity contribution is 7.18. The number of morpholine rings is 1. The Hall–Kier alpha value is -2.34. The quantitative estimate of drug-likeness (QED) is 0.652. The van der Waals surface area contributed by atoms with E-state index in [1.807, 2.05) is 48.5 Å². The Kier molecular flexibility index (Phi) is 5.95. The Balaban J connectivity index is 1.59. The number of ether oxygens (including phenoxy) is 1. The Bertz CT molecular complexity index is 952. The summed E-state index contributed by atoms with van der Waals surface area (Å²) in [5, 5.41) is 4.78. The van der Waals surface area contributed by atoms with E-state index < -0.39 is 0 Å². The molecule has 0 atom stereocenters. The molecule has 0 radical (unpaired) electrons. The molecule has 1 aliphatic rings. The lowest BCUT2D eigenvalue weighted by molar-refractivity contribution is 0.0955. The summed E-state index contributed by atoms with van der Waals surface area (Å²) < 4.78 is 5.49. The van der Waals surface area contributed by atoms with Crippen LogP contribution in [0.2, 0.25) is 5.02 Å². The van der Waals surface area contributed by atoms with Gasteiger partial charge in [0.25, 0.3) is 5.91 Å². The third kappa shape index (κ3) is 4.22. The number of hydrogen-bond acceptors (Lipinski definition) is 4. The van der Waals surface area contributed by atoms with Crippen molar-refractivity contribution in [2.75, 3.05) is 31.2 Å². The highest BCUT2D eigenvalue weighted by Crippen LogP contribution is 2.39. The van der Waals surface area contributed by atoms with E-state index in [9.17, 15) is 4.79 Å². The van der Waals surface area contributed by atoms with Gasteiger partial charge in [0.1, 0.15) is 0 Å². The van der Waals surface area contributed by atoms with E-state index in [-0.39, 0.29) is 5.91 Å². The fourth-order valence-corrected chi connectivity index (χ4v) is 4.57. The van der Waals surface area contributed by atoms with Gasteiger partial charge in [0.2, 0.25) is 0 Å². The second-order valence-corrected chi connectivity index (χ2v) is 8.01. The molecule has 1 aromatic heterocycles. The summed E-state index contributed by atoms with van der Waals surface area (Å²) in [6.07, 6.45) is 0. The SMILES string of the molecule is O=C(NCc1ccccc1Cl)c1cc(-c2ccccc2)c(N2CCOCC2)s1. The highest BCUT2D eigenvalue weighted by Gasteiger charge is 2.21. The van der Waals surface area contributed by atoms with Crippen LogP contribution >= 0.6 is 22.9 Å². The first-order valence-electron chi connectivity index (χ1n) is 9.26. The van der Waals surface area contributed by atoms with Crippen LogP contribution in [0.4, 0.5) is 5.00 Å². The van der Waals surface area contributed by atoms with Crippen LogP contribution in [-0.4, -0.2) is 32.2 Å². The number of thiophene rings is 1. The predicted octanol–water partition coefficient (Wildman–Crippen LogP) is 4.84. The lowest BCUT2D eigenvalue weighted by atomic mass is 10.1. The Morgan fingerprint density at radius 3 is 2.54 bits per heavy atom. The zero-order valence-corrected chi connectivity index (χ0v) is 16.9. The molecule has 144 valence electrons. The molecule has 4 nitrogen and oxygen atoms in total. The largest absolute Gasteiger partial charge is 0.378 e. The molecule has 1 fully saturated rings. The number of carbonyl (C=O) groups is 1. The molecule has 2 heterocycles. The van der Waals surface area contributed by atoms with E-state index in [0.717, 1.165) is 34.8 Å². The van der Waals surface area contributed by atoms with Gasteiger partial charge in [-0.3, -0.25) is 4.79 Å². The van der Waals surface area contributed by atoms with Crippen molar-refractivity contribution in [3.05, 3.63) is 76.1 Å². The number of carbonyl (C=O) groups excluding carboxylic acids is 1. The zero-order valence-electron chi connectivity index (χ0n) is 15.4. The van der Waals surface area contributed by atoms with Gasteiger partial charge in [-0.25, -0.2) is 0 Å². The third-order valence-corrected chi connectivity index (χ3v) is 6.28. The van der Waals surface area contributed by atoms with Gasteiger partial charge < -0.3 is 15.0 Å². The van der Waals surface area contributed by atoms with Crippen molar-refractivity contribution < 1.29 is 9.53 Å². The van der Waals surface area contributed by atoms with Crippen LogP contribution < -0.4 is 10.2 Å². The molecule has 1 amide bonds. The predicted molar refractivity (Wildman–Crippen MR) is 115 cm³/mol. The molecule has 2 aromatic carbocycles. The molecular formula is C22H21ClN2O2S. The van der Waals surface area contributed by atoms with Crippen molar-refractivity contribution >= 4 is 33.8 Å². The third-order valence-electron chi connectivity index (χ3n) is 4.72. The van der Waals surface area contributed by atoms with Crippen LogP contribution in [0.1, 0.15) is 15.2 Å². The molecule has 28 heavy (non-hydrogen) atoms. The molecule has 1 N–H and O–H groups in total. The van der Waals surface area contributed by atoms with Crippen molar-refractivity contribution in [2.45, 2.75) is 6.54 Å². The lowest BCUT2D eigenvalue weighted by Gasteiger charge is -2.28. The summed E-state index contributed by atoms with van der Waals surface area (Å²) in [5.41, 5.74) is 3.12. The van der Waals surface area contributed by atoms with E-state index >= 15 is 0 Å². The van der Waals surface area contributed by atoms with Crippen LogP contribution in [0.25, 0.3) is 11.1 Å². The smallest absolute Gasteiger partial charge is 0.261 e. The van der Waals surface area contributed by atoms with Gasteiger partial charge in [-0.1, -0.05) is 60.1 Å². The number of benzene rings is 2. The van der Waals surface area contributed by atoms with Crippen molar-refractivity contribution in [3.63, 3.8) is 0 Å². The standard InChI is InChI=1S/C22H21ClN2O2S/c23-19-9-5-4-8-17(19)15-24-21(26)20-14-18(16-6-2-1-3-7-16)22(28-20)25-10-12-27-13-11-25/h1-9,14H,10-13,15H2,(H,24,26). The Morgan fingerprint density at radius 1 is 1.07 bits per heavy atom. The van der Waals surface area contributed by atoms with Gasteiger partial charge in [0.05, 0.1) is 23.1 Å². The number of nitrogens with one attached hydrogen (secondary N) is 1. The summed E-state index contributed by atoms with van der Waals surface area (Å²) in [6.45, 7) is 3.49. The second kappa shape index (κ2) is 8.78. The van der Waals surface area contributed by atoms with E-state index in [1.165, 1.54) is 11.3 Å². The molecule has 0 unspecified atom stereocenters. The Labute approximate surface area is 173 Å². The topological polar surface area (TPSA) is 41.6 Å². The molecule has 3 aromatic rings. The van der Waals surface area contributed by atoms with E-state index in [0.29, 0.717) is 29.7 Å². The minimum absolute atomic E-state index is 0.0818. The van der Waals surface area contributed by atoms with Crippen molar-refractivity contribution in [1.82, 2.24) is 5.32 Å². The minimum Gasteiger partial charge on any atom is -0.378 e. The number of hydrogen-bond donors (Lipinski definition) is 1. The average Bonchev–Trinajstić information content (AvgIpc) is 3.20. The van der Waals surface area contributed by atoms with Gasteiger partial charge in [-0.15, -0.1) is 11.3 Å². The van der Waals surface area contributed by atoms with Crippen LogP contribution in [0, 0.1) is 0 Å². The monoisotopic (exact) mass is 412 g/mol. The maximum Gasteiger partial charge on any atom is 0.261 e. The molecule has 6 heteroatoms. The zero-order chi connectivity index (χ0) is 19.3. The van der Waals surface area contributed by atoms with Crippen LogP contribution in [-0.2, 0) is 11.3 Å². The molecule has 1 aliphatic heterocycles. The molecule has 1 saturated heterocycles. The highest BCUT2D eigenvalue weighted by atomic mass is 35.5. The van der Waals surface area contributed by atoms with Gasteiger partial charge in [0.15, 0.2) is 0 Å². The average molecular weight is 413 g/mol. The van der Waals surface area contributed by atoms with E-state index in [4.69, 9.17) is 16.3 Å². The summed E-state index contributed by atoms with van der Waals surface area (Å²) in [7, 11) is 0. The normalized spacial score (nSPS) is 14.1. The molecule has 4 rings (SSSR count). The number of halogens is 1. The molecular weight excluding hydrogens is 392 g/mol. The first-order valence-corrected chi connectivity index (χ1v) is 10.5. The van der Waals surface area contributed by atoms with Gasteiger partial charge in [0, 0.05) is 30.2 Å². The molecule has 0 saturated carbocycles. The molecule has 0 aliphatic carbocycles. The maximum atomic E-state index is 12.8. The van der Waals surface area contributed by atoms with Crippen molar-refractivity contribution in [1.29, 1.82) is 0 Å². The molecule has 0 spiro atoms. The number of amides is 1. The fraction of sp³-hybridized carbons (Fsp3) is 0.227. The molecule has 0 bridgehead atoms. The number of anilines is 1. The van der Waals surface area contributed by atoms with Crippen LogP contribution in [0.5, 0.6) is 0 Å². The summed E-state index contributed by atoms with van der Waals surface area (Å²) in [5.74, 6) is -0.0818. The van der Waals surface area contributed by atoms with Gasteiger partial charge in [-0.05, 0) is 23.3 Å². The van der Waals surface area contributed by atoms with Crippen LogP contribution in [0.15, 0.2) is 60.7 Å². The lowest BCUT2D eigenvalue weighted by Crippen LogP contribution is -2.35.